The number of anilines is 2. The van der Waals surface area contributed by atoms with Crippen molar-refractivity contribution in [2.45, 2.75) is 34.1 Å². The molecule has 2 N–H and O–H groups in total. The Bertz CT molecular complexity index is 790. The molecule has 0 saturated carbocycles. The SMILES string of the molecule is CC(C)CCN1C(=O)C(C)(C)COc2ccc(NC(=O)N3CCNC3=O)cc21. The molecular formula is C20H28N4O4. The summed E-state index contributed by atoms with van der Waals surface area (Å²) in [5, 5.41) is 5.34. The van der Waals surface area contributed by atoms with Gasteiger partial charge in [0, 0.05) is 25.3 Å². The van der Waals surface area contributed by atoms with Crippen LogP contribution in [0, 0.1) is 11.3 Å². The summed E-state index contributed by atoms with van der Waals surface area (Å²) in [7, 11) is 0. The lowest BCUT2D eigenvalue weighted by molar-refractivity contribution is -0.127. The average molecular weight is 388 g/mol. The summed E-state index contributed by atoms with van der Waals surface area (Å²) in [5.41, 5.74) is 0.501. The lowest BCUT2D eigenvalue weighted by Crippen LogP contribution is -2.43. The topological polar surface area (TPSA) is 91.0 Å². The van der Waals surface area contributed by atoms with Crippen molar-refractivity contribution in [2.24, 2.45) is 11.3 Å². The summed E-state index contributed by atoms with van der Waals surface area (Å²) < 4.78 is 5.90. The maximum atomic E-state index is 13.1. The summed E-state index contributed by atoms with van der Waals surface area (Å²) >= 11 is 0. The van der Waals surface area contributed by atoms with Gasteiger partial charge in [0.05, 0.1) is 11.1 Å². The largest absolute Gasteiger partial charge is 0.490 e. The summed E-state index contributed by atoms with van der Waals surface area (Å²) in [6.07, 6.45) is 0.853. The van der Waals surface area contributed by atoms with Crippen LogP contribution in [0.15, 0.2) is 18.2 Å². The number of nitrogens with one attached hydrogen (secondary N) is 2. The van der Waals surface area contributed by atoms with E-state index >= 15 is 0 Å². The van der Waals surface area contributed by atoms with E-state index in [2.05, 4.69) is 24.5 Å². The first-order valence-corrected chi connectivity index (χ1v) is 9.64. The van der Waals surface area contributed by atoms with E-state index in [1.54, 1.807) is 23.1 Å². The van der Waals surface area contributed by atoms with Crippen LogP contribution in [-0.4, -0.2) is 49.1 Å². The Morgan fingerprint density at radius 2 is 2.07 bits per heavy atom. The molecule has 8 nitrogen and oxygen atoms in total. The Morgan fingerprint density at radius 1 is 1.32 bits per heavy atom. The van der Waals surface area contributed by atoms with E-state index in [4.69, 9.17) is 4.74 Å². The molecule has 0 radical (unpaired) electrons. The van der Waals surface area contributed by atoms with Crippen LogP contribution in [0.2, 0.25) is 0 Å². The Hall–Kier alpha value is -2.77. The molecule has 5 amide bonds. The fourth-order valence-electron chi connectivity index (χ4n) is 3.19. The molecule has 0 unspecified atom stereocenters. The number of amides is 5. The third kappa shape index (κ3) is 4.05. The number of urea groups is 2. The quantitative estimate of drug-likeness (QED) is 0.829. The number of carbonyl (C=O) groups excluding carboxylic acids is 3. The predicted molar refractivity (Wildman–Crippen MR) is 107 cm³/mol. The van der Waals surface area contributed by atoms with E-state index in [1.165, 1.54) is 0 Å². The Morgan fingerprint density at radius 3 is 2.71 bits per heavy atom. The van der Waals surface area contributed by atoms with Crippen LogP contribution in [0.1, 0.15) is 34.1 Å². The highest BCUT2D eigenvalue weighted by molar-refractivity contribution is 6.03. The molecule has 1 aromatic carbocycles. The predicted octanol–water partition coefficient (Wildman–Crippen LogP) is 3.04. The third-order valence-corrected chi connectivity index (χ3v) is 4.95. The second-order valence-corrected chi connectivity index (χ2v) is 8.31. The van der Waals surface area contributed by atoms with E-state index < -0.39 is 17.5 Å². The number of fused-ring (bicyclic) bond motifs is 1. The van der Waals surface area contributed by atoms with Gasteiger partial charge in [0.15, 0.2) is 0 Å². The van der Waals surface area contributed by atoms with Gasteiger partial charge in [0.2, 0.25) is 5.91 Å². The average Bonchev–Trinajstić information content (AvgIpc) is 3.03. The standard InChI is InChI=1S/C20H28N4O4/c1-13(2)7-9-23-15-11-14(22-19(27)24-10-8-21-18(24)26)5-6-16(15)28-12-20(3,4)17(23)25/h5-6,11,13H,7-10,12H2,1-4H3,(H,21,26)(H,22,27). The highest BCUT2D eigenvalue weighted by atomic mass is 16.5. The minimum Gasteiger partial charge on any atom is -0.490 e. The van der Waals surface area contributed by atoms with Crippen molar-refractivity contribution >= 4 is 29.3 Å². The van der Waals surface area contributed by atoms with Crippen molar-refractivity contribution in [1.29, 1.82) is 0 Å². The van der Waals surface area contributed by atoms with Crippen molar-refractivity contribution < 1.29 is 19.1 Å². The highest BCUT2D eigenvalue weighted by Gasteiger charge is 2.38. The molecule has 0 aromatic heterocycles. The first-order valence-electron chi connectivity index (χ1n) is 9.64. The summed E-state index contributed by atoms with van der Waals surface area (Å²) in [4.78, 5) is 40.0. The van der Waals surface area contributed by atoms with E-state index in [1.807, 2.05) is 13.8 Å². The minimum absolute atomic E-state index is 0.00528. The number of rotatable bonds is 4. The monoisotopic (exact) mass is 388 g/mol. The van der Waals surface area contributed by atoms with Crippen molar-refractivity contribution in [3.63, 3.8) is 0 Å². The van der Waals surface area contributed by atoms with Crippen LogP contribution in [-0.2, 0) is 4.79 Å². The fourth-order valence-corrected chi connectivity index (χ4v) is 3.19. The second-order valence-electron chi connectivity index (χ2n) is 8.31. The van der Waals surface area contributed by atoms with Crippen LogP contribution < -0.4 is 20.3 Å². The number of ether oxygens (including phenoxy) is 1. The van der Waals surface area contributed by atoms with Crippen LogP contribution in [0.3, 0.4) is 0 Å². The van der Waals surface area contributed by atoms with Gasteiger partial charge in [-0.05, 0) is 44.4 Å². The molecule has 3 rings (SSSR count). The van der Waals surface area contributed by atoms with E-state index in [9.17, 15) is 14.4 Å². The number of nitrogens with zero attached hydrogens (tertiary/aromatic N) is 2. The third-order valence-electron chi connectivity index (χ3n) is 4.95. The Labute approximate surface area is 165 Å². The zero-order valence-corrected chi connectivity index (χ0v) is 16.9. The molecule has 1 aromatic rings. The molecule has 0 spiro atoms. The lowest BCUT2D eigenvalue weighted by Gasteiger charge is -2.29. The number of imide groups is 1. The van der Waals surface area contributed by atoms with Gasteiger partial charge in [-0.1, -0.05) is 13.8 Å². The second kappa shape index (κ2) is 7.69. The van der Waals surface area contributed by atoms with Gasteiger partial charge in [-0.25, -0.2) is 14.5 Å². The molecule has 152 valence electrons. The van der Waals surface area contributed by atoms with Crippen molar-refractivity contribution in [3.8, 4) is 5.75 Å². The van der Waals surface area contributed by atoms with Gasteiger partial charge in [-0.3, -0.25) is 4.79 Å². The van der Waals surface area contributed by atoms with Gasteiger partial charge in [-0.2, -0.15) is 0 Å². The molecule has 0 bridgehead atoms. The molecular weight excluding hydrogens is 360 g/mol. The molecule has 2 heterocycles. The maximum Gasteiger partial charge on any atom is 0.330 e. The number of carbonyl (C=O) groups is 3. The fraction of sp³-hybridized carbons (Fsp3) is 0.550. The van der Waals surface area contributed by atoms with Crippen LogP contribution >= 0.6 is 0 Å². The van der Waals surface area contributed by atoms with Crippen LogP contribution in [0.4, 0.5) is 21.0 Å². The molecule has 8 heteroatoms. The number of hydrogen-bond donors (Lipinski definition) is 2. The Balaban J connectivity index is 1.88. The maximum absolute atomic E-state index is 13.1. The van der Waals surface area contributed by atoms with Crippen LogP contribution in [0.5, 0.6) is 5.75 Å². The van der Waals surface area contributed by atoms with Gasteiger partial charge in [0.1, 0.15) is 12.4 Å². The molecule has 1 saturated heterocycles. The van der Waals surface area contributed by atoms with Crippen molar-refractivity contribution in [2.75, 3.05) is 36.5 Å². The number of hydrogen-bond acceptors (Lipinski definition) is 4. The lowest BCUT2D eigenvalue weighted by atomic mass is 9.92. The molecule has 2 aliphatic rings. The first kappa shape index (κ1) is 20.0. The van der Waals surface area contributed by atoms with E-state index in [-0.39, 0.29) is 12.5 Å². The van der Waals surface area contributed by atoms with Crippen molar-refractivity contribution in [1.82, 2.24) is 10.2 Å². The molecule has 28 heavy (non-hydrogen) atoms. The molecule has 0 aliphatic carbocycles. The van der Waals surface area contributed by atoms with Gasteiger partial charge in [0.25, 0.3) is 0 Å². The van der Waals surface area contributed by atoms with E-state index in [0.29, 0.717) is 42.7 Å². The minimum atomic E-state index is -0.646. The molecule has 2 aliphatic heterocycles. The van der Waals surface area contributed by atoms with Crippen LogP contribution in [0.25, 0.3) is 0 Å². The van der Waals surface area contributed by atoms with Gasteiger partial charge >= 0.3 is 12.1 Å². The first-order chi connectivity index (χ1) is 13.2. The van der Waals surface area contributed by atoms with Crippen molar-refractivity contribution in [3.05, 3.63) is 18.2 Å². The summed E-state index contributed by atoms with van der Waals surface area (Å²) in [6.45, 7) is 9.60. The highest BCUT2D eigenvalue weighted by Crippen LogP contribution is 2.38. The Kier molecular flexibility index (Phi) is 5.49. The van der Waals surface area contributed by atoms with Gasteiger partial charge in [-0.15, -0.1) is 0 Å². The summed E-state index contributed by atoms with van der Waals surface area (Å²) in [6, 6.07) is 4.30. The zero-order valence-electron chi connectivity index (χ0n) is 16.9. The molecule has 0 atom stereocenters. The summed E-state index contributed by atoms with van der Waals surface area (Å²) in [5.74, 6) is 1.05. The molecule has 1 fully saturated rings. The van der Waals surface area contributed by atoms with E-state index in [0.717, 1.165) is 11.3 Å². The zero-order chi connectivity index (χ0) is 20.5. The normalized spacial score (nSPS) is 18.5. The van der Waals surface area contributed by atoms with Gasteiger partial charge < -0.3 is 20.3 Å². The smallest absolute Gasteiger partial charge is 0.330 e. The number of benzene rings is 1.